The molecular formula is C20H21ClN2O. The first kappa shape index (κ1) is 15.7. The Morgan fingerprint density at radius 2 is 1.75 bits per heavy atom. The van der Waals surface area contributed by atoms with Gasteiger partial charge in [-0.3, -0.25) is 9.69 Å². The van der Waals surface area contributed by atoms with E-state index >= 15 is 0 Å². The number of fused-ring (bicyclic) bond motifs is 1. The van der Waals surface area contributed by atoms with Gasteiger partial charge in [0.25, 0.3) is 0 Å². The molecule has 4 rings (SSSR count). The van der Waals surface area contributed by atoms with Crippen molar-refractivity contribution in [1.82, 2.24) is 9.80 Å². The summed E-state index contributed by atoms with van der Waals surface area (Å²) in [7, 11) is 0. The van der Waals surface area contributed by atoms with Gasteiger partial charge in [0.05, 0.1) is 6.42 Å². The normalized spacial score (nSPS) is 18.1. The van der Waals surface area contributed by atoms with Gasteiger partial charge in [0.2, 0.25) is 5.91 Å². The predicted molar refractivity (Wildman–Crippen MR) is 96.1 cm³/mol. The van der Waals surface area contributed by atoms with Gasteiger partial charge >= 0.3 is 0 Å². The molecule has 0 saturated carbocycles. The van der Waals surface area contributed by atoms with Crippen LogP contribution in [0.25, 0.3) is 0 Å². The van der Waals surface area contributed by atoms with Crippen LogP contribution in [-0.4, -0.2) is 41.4 Å². The van der Waals surface area contributed by atoms with Gasteiger partial charge in [-0.25, -0.2) is 0 Å². The van der Waals surface area contributed by atoms with Crippen molar-refractivity contribution in [3.8, 4) is 0 Å². The average molecular weight is 341 g/mol. The lowest BCUT2D eigenvalue weighted by atomic mass is 9.96. The molecule has 0 bridgehead atoms. The summed E-state index contributed by atoms with van der Waals surface area (Å²) in [5.74, 6) is 0.178. The molecule has 0 unspecified atom stereocenters. The van der Waals surface area contributed by atoms with Crippen molar-refractivity contribution in [2.75, 3.05) is 19.6 Å². The minimum atomic E-state index is 0.178. The zero-order valence-electron chi connectivity index (χ0n) is 13.6. The van der Waals surface area contributed by atoms with E-state index in [9.17, 15) is 4.79 Å². The van der Waals surface area contributed by atoms with E-state index in [1.165, 1.54) is 11.1 Å². The fourth-order valence-corrected chi connectivity index (χ4v) is 3.84. The van der Waals surface area contributed by atoms with Crippen LogP contribution in [0.15, 0.2) is 48.5 Å². The van der Waals surface area contributed by atoms with E-state index < -0.39 is 0 Å². The Bertz CT molecular complexity index is 755. The molecule has 0 N–H and O–H groups in total. The number of hydrogen-bond acceptors (Lipinski definition) is 2. The Balaban J connectivity index is 1.32. The molecule has 24 heavy (non-hydrogen) atoms. The Hall–Kier alpha value is -1.84. The summed E-state index contributed by atoms with van der Waals surface area (Å²) >= 11 is 6.15. The van der Waals surface area contributed by atoms with Crippen LogP contribution in [0.2, 0.25) is 5.02 Å². The van der Waals surface area contributed by atoms with Crippen LogP contribution in [0.5, 0.6) is 0 Å². The first-order valence-corrected chi connectivity index (χ1v) is 8.90. The van der Waals surface area contributed by atoms with Crippen LogP contribution in [0, 0.1) is 0 Å². The van der Waals surface area contributed by atoms with Crippen LogP contribution in [0.1, 0.15) is 16.7 Å². The average Bonchev–Trinajstić information content (AvgIpc) is 2.55. The van der Waals surface area contributed by atoms with Crippen LogP contribution >= 0.6 is 11.6 Å². The van der Waals surface area contributed by atoms with Gasteiger partial charge in [0, 0.05) is 37.2 Å². The molecule has 0 aromatic heterocycles. The zero-order chi connectivity index (χ0) is 16.5. The van der Waals surface area contributed by atoms with E-state index in [4.69, 9.17) is 11.6 Å². The van der Waals surface area contributed by atoms with Crippen LogP contribution < -0.4 is 0 Å². The van der Waals surface area contributed by atoms with Crippen molar-refractivity contribution >= 4 is 17.5 Å². The summed E-state index contributed by atoms with van der Waals surface area (Å²) in [4.78, 5) is 16.9. The molecule has 0 radical (unpaired) electrons. The Kier molecular flexibility index (Phi) is 4.30. The Labute approximate surface area is 147 Å². The molecule has 1 amide bonds. The van der Waals surface area contributed by atoms with Gasteiger partial charge in [-0.1, -0.05) is 54.1 Å². The van der Waals surface area contributed by atoms with Gasteiger partial charge in [-0.15, -0.1) is 0 Å². The Morgan fingerprint density at radius 3 is 2.54 bits per heavy atom. The summed E-state index contributed by atoms with van der Waals surface area (Å²) < 4.78 is 0. The molecule has 0 aliphatic carbocycles. The molecule has 2 aromatic carbocycles. The monoisotopic (exact) mass is 340 g/mol. The predicted octanol–water partition coefficient (Wildman–Crippen LogP) is 3.15. The number of hydrogen-bond donors (Lipinski definition) is 0. The summed E-state index contributed by atoms with van der Waals surface area (Å²) in [5, 5.41) is 0.676. The van der Waals surface area contributed by atoms with Gasteiger partial charge in [0.15, 0.2) is 0 Å². The van der Waals surface area contributed by atoms with Crippen molar-refractivity contribution < 1.29 is 4.79 Å². The summed E-state index contributed by atoms with van der Waals surface area (Å²) in [5.41, 5.74) is 3.82. The number of halogens is 1. The van der Waals surface area contributed by atoms with Crippen LogP contribution in [0.4, 0.5) is 0 Å². The maximum atomic E-state index is 12.4. The quantitative estimate of drug-likeness (QED) is 0.857. The molecule has 2 aliphatic heterocycles. The maximum Gasteiger partial charge on any atom is 0.227 e. The van der Waals surface area contributed by atoms with Gasteiger partial charge in [-0.2, -0.15) is 0 Å². The fraction of sp³-hybridized carbons (Fsp3) is 0.350. The van der Waals surface area contributed by atoms with Crippen molar-refractivity contribution in [3.05, 3.63) is 70.2 Å². The smallest absolute Gasteiger partial charge is 0.227 e. The summed E-state index contributed by atoms with van der Waals surface area (Å²) in [6.45, 7) is 3.78. The van der Waals surface area contributed by atoms with E-state index in [1.54, 1.807) is 0 Å². The van der Waals surface area contributed by atoms with Gasteiger partial charge < -0.3 is 4.90 Å². The van der Waals surface area contributed by atoms with E-state index in [2.05, 4.69) is 29.2 Å². The molecule has 2 aliphatic rings. The third-order valence-electron chi connectivity index (χ3n) is 5.19. The van der Waals surface area contributed by atoms with E-state index in [-0.39, 0.29) is 5.91 Å². The number of benzene rings is 2. The lowest BCUT2D eigenvalue weighted by molar-refractivity contribution is -0.138. The molecule has 2 aromatic rings. The number of nitrogens with zero attached hydrogens (tertiary/aromatic N) is 2. The fourth-order valence-electron chi connectivity index (χ4n) is 3.64. The van der Waals surface area contributed by atoms with Gasteiger partial charge in [0.1, 0.15) is 0 Å². The number of carbonyl (C=O) groups excluding carboxylic acids is 1. The van der Waals surface area contributed by atoms with Gasteiger partial charge in [-0.05, 0) is 29.2 Å². The Morgan fingerprint density at radius 1 is 1.04 bits per heavy atom. The van der Waals surface area contributed by atoms with Crippen molar-refractivity contribution in [3.63, 3.8) is 0 Å². The number of likely N-dealkylation sites (tertiary alicyclic amines) is 1. The SMILES string of the molecule is O=C(Cc1ccccc1Cl)N1CC(N2CCc3ccccc3C2)C1. The lowest BCUT2D eigenvalue weighted by Crippen LogP contribution is -2.61. The molecule has 4 heteroatoms. The summed E-state index contributed by atoms with van der Waals surface area (Å²) in [6.07, 6.45) is 1.51. The second-order valence-corrected chi connectivity index (χ2v) is 7.12. The highest BCUT2D eigenvalue weighted by molar-refractivity contribution is 6.31. The highest BCUT2D eigenvalue weighted by Crippen LogP contribution is 2.25. The minimum Gasteiger partial charge on any atom is -0.339 e. The molecule has 124 valence electrons. The topological polar surface area (TPSA) is 23.6 Å². The first-order valence-electron chi connectivity index (χ1n) is 8.53. The molecule has 2 heterocycles. The number of rotatable bonds is 3. The highest BCUT2D eigenvalue weighted by Gasteiger charge is 2.35. The zero-order valence-corrected chi connectivity index (χ0v) is 14.4. The standard InChI is InChI=1S/C20H21ClN2O/c21-19-8-4-3-6-16(19)11-20(24)23-13-18(14-23)22-10-9-15-5-1-2-7-17(15)12-22/h1-8,18H,9-14H2. The van der Waals surface area contributed by atoms with Crippen molar-refractivity contribution in [1.29, 1.82) is 0 Å². The maximum absolute atomic E-state index is 12.4. The largest absolute Gasteiger partial charge is 0.339 e. The highest BCUT2D eigenvalue weighted by atomic mass is 35.5. The van der Waals surface area contributed by atoms with Crippen molar-refractivity contribution in [2.45, 2.75) is 25.4 Å². The molecule has 0 atom stereocenters. The van der Waals surface area contributed by atoms with Crippen molar-refractivity contribution in [2.24, 2.45) is 0 Å². The molecule has 0 spiro atoms. The van der Waals surface area contributed by atoms with E-state index in [0.717, 1.165) is 38.2 Å². The molecular weight excluding hydrogens is 320 g/mol. The van der Waals surface area contributed by atoms with Crippen LogP contribution in [-0.2, 0) is 24.2 Å². The molecule has 1 saturated heterocycles. The molecule has 1 fully saturated rings. The third-order valence-corrected chi connectivity index (χ3v) is 5.56. The summed E-state index contributed by atoms with van der Waals surface area (Å²) in [6, 6.07) is 16.8. The number of amides is 1. The van der Waals surface area contributed by atoms with Crippen LogP contribution in [0.3, 0.4) is 0 Å². The van der Waals surface area contributed by atoms with E-state index in [0.29, 0.717) is 17.5 Å². The first-order chi connectivity index (χ1) is 11.7. The minimum absolute atomic E-state index is 0.178. The lowest BCUT2D eigenvalue weighted by Gasteiger charge is -2.47. The molecule has 3 nitrogen and oxygen atoms in total. The van der Waals surface area contributed by atoms with E-state index in [1.807, 2.05) is 29.2 Å². The second kappa shape index (κ2) is 6.58. The second-order valence-electron chi connectivity index (χ2n) is 6.71. The third kappa shape index (κ3) is 3.06. The number of carbonyl (C=O) groups is 1.